The number of benzene rings is 2. The van der Waals surface area contributed by atoms with Crippen molar-refractivity contribution in [3.8, 4) is 17.0 Å². The molecule has 0 saturated carbocycles. The smallest absolute Gasteiger partial charge is 0.336 e. The Kier molecular flexibility index (Phi) is 4.16. The number of aromatic carboxylic acids is 1. The number of pyridine rings is 1. The number of carbonyl (C=O) groups is 1. The van der Waals surface area contributed by atoms with Gasteiger partial charge in [0.15, 0.2) is 11.6 Å². The van der Waals surface area contributed by atoms with Crippen LogP contribution in [0.2, 0.25) is 0 Å². The van der Waals surface area contributed by atoms with Gasteiger partial charge in [-0.1, -0.05) is 13.0 Å². The molecule has 0 bridgehead atoms. The van der Waals surface area contributed by atoms with Gasteiger partial charge in [-0.2, -0.15) is 0 Å². The molecule has 4 nitrogen and oxygen atoms in total. The van der Waals surface area contributed by atoms with E-state index in [1.807, 2.05) is 19.1 Å². The Morgan fingerprint density at radius 3 is 2.62 bits per heavy atom. The molecular formula is C19H16FNO3. The van der Waals surface area contributed by atoms with Crippen LogP contribution >= 0.6 is 0 Å². The molecule has 0 aliphatic carbocycles. The number of methoxy groups -OCH3 is 1. The van der Waals surface area contributed by atoms with Crippen LogP contribution in [0, 0.1) is 5.82 Å². The van der Waals surface area contributed by atoms with Crippen molar-refractivity contribution in [3.05, 3.63) is 59.4 Å². The number of hydrogen-bond acceptors (Lipinski definition) is 3. The van der Waals surface area contributed by atoms with Crippen molar-refractivity contribution in [3.63, 3.8) is 0 Å². The first-order valence-corrected chi connectivity index (χ1v) is 7.54. The maximum absolute atomic E-state index is 13.9. The standard InChI is InChI=1S/C19H16FNO3/c1-3-11-4-6-16-13(8-11)14(19(22)23)10-17(21-16)12-5-7-18(24-2)15(20)9-12/h4-10H,3H2,1-2H3,(H,22,23). The van der Waals surface area contributed by atoms with Crippen molar-refractivity contribution in [1.82, 2.24) is 4.98 Å². The topological polar surface area (TPSA) is 59.4 Å². The fraction of sp³-hybridized carbons (Fsp3) is 0.158. The summed E-state index contributed by atoms with van der Waals surface area (Å²) in [6.07, 6.45) is 0.806. The number of nitrogens with zero attached hydrogens (tertiary/aromatic N) is 1. The number of ether oxygens (including phenoxy) is 1. The van der Waals surface area contributed by atoms with E-state index in [0.29, 0.717) is 22.2 Å². The minimum Gasteiger partial charge on any atom is -0.494 e. The number of carboxylic acids is 1. The van der Waals surface area contributed by atoms with Gasteiger partial charge in [-0.25, -0.2) is 14.2 Å². The molecule has 0 unspecified atom stereocenters. The van der Waals surface area contributed by atoms with Gasteiger partial charge >= 0.3 is 5.97 Å². The highest BCUT2D eigenvalue weighted by Gasteiger charge is 2.14. The summed E-state index contributed by atoms with van der Waals surface area (Å²) < 4.78 is 18.8. The van der Waals surface area contributed by atoms with Crippen molar-refractivity contribution >= 4 is 16.9 Å². The molecule has 3 aromatic rings. The Morgan fingerprint density at radius 2 is 2.00 bits per heavy atom. The van der Waals surface area contributed by atoms with Crippen LogP contribution in [-0.2, 0) is 6.42 Å². The quantitative estimate of drug-likeness (QED) is 0.776. The van der Waals surface area contributed by atoms with Gasteiger partial charge < -0.3 is 9.84 Å². The predicted molar refractivity (Wildman–Crippen MR) is 90.0 cm³/mol. The number of halogens is 1. The summed E-state index contributed by atoms with van der Waals surface area (Å²) >= 11 is 0. The normalized spacial score (nSPS) is 10.8. The predicted octanol–water partition coefficient (Wildman–Crippen LogP) is 4.31. The van der Waals surface area contributed by atoms with Crippen LogP contribution < -0.4 is 4.74 Å². The molecule has 0 saturated heterocycles. The fourth-order valence-electron chi connectivity index (χ4n) is 2.64. The maximum Gasteiger partial charge on any atom is 0.336 e. The number of fused-ring (bicyclic) bond motifs is 1. The highest BCUT2D eigenvalue weighted by molar-refractivity contribution is 6.04. The molecule has 0 radical (unpaired) electrons. The molecule has 0 atom stereocenters. The minimum absolute atomic E-state index is 0.130. The Bertz CT molecular complexity index is 937. The van der Waals surface area contributed by atoms with Crippen LogP contribution in [0.25, 0.3) is 22.2 Å². The van der Waals surface area contributed by atoms with E-state index >= 15 is 0 Å². The minimum atomic E-state index is -1.04. The fourth-order valence-corrected chi connectivity index (χ4v) is 2.64. The molecular weight excluding hydrogens is 309 g/mol. The largest absolute Gasteiger partial charge is 0.494 e. The third-order valence-electron chi connectivity index (χ3n) is 3.96. The molecule has 0 fully saturated rings. The SMILES string of the molecule is CCc1ccc2nc(-c3ccc(OC)c(F)c3)cc(C(=O)O)c2c1. The number of carboxylic acid groups (broad SMARTS) is 1. The third kappa shape index (κ3) is 2.80. The summed E-state index contributed by atoms with van der Waals surface area (Å²) in [5.74, 6) is -1.42. The second-order valence-electron chi connectivity index (χ2n) is 5.41. The van der Waals surface area contributed by atoms with Crippen molar-refractivity contribution in [2.75, 3.05) is 7.11 Å². The first-order chi connectivity index (χ1) is 11.5. The second kappa shape index (κ2) is 6.28. The molecule has 24 heavy (non-hydrogen) atoms. The van der Waals surface area contributed by atoms with Crippen LogP contribution in [0.4, 0.5) is 4.39 Å². The summed E-state index contributed by atoms with van der Waals surface area (Å²) in [6.45, 7) is 2.00. The van der Waals surface area contributed by atoms with E-state index < -0.39 is 11.8 Å². The molecule has 1 N–H and O–H groups in total. The summed E-state index contributed by atoms with van der Waals surface area (Å²) in [5, 5.41) is 10.1. The lowest BCUT2D eigenvalue weighted by Gasteiger charge is -2.09. The van der Waals surface area contributed by atoms with Crippen molar-refractivity contribution in [2.24, 2.45) is 0 Å². The molecule has 0 amide bonds. The molecule has 2 aromatic carbocycles. The van der Waals surface area contributed by atoms with E-state index in [4.69, 9.17) is 4.74 Å². The van der Waals surface area contributed by atoms with Gasteiger partial charge in [-0.05, 0) is 48.4 Å². The van der Waals surface area contributed by atoms with Gasteiger partial charge in [-0.15, -0.1) is 0 Å². The van der Waals surface area contributed by atoms with Crippen molar-refractivity contribution < 1.29 is 19.0 Å². The zero-order valence-corrected chi connectivity index (χ0v) is 13.3. The monoisotopic (exact) mass is 325 g/mol. The van der Waals surface area contributed by atoms with E-state index in [1.165, 1.54) is 25.3 Å². The average Bonchev–Trinajstić information content (AvgIpc) is 2.60. The van der Waals surface area contributed by atoms with E-state index in [-0.39, 0.29) is 11.3 Å². The zero-order valence-electron chi connectivity index (χ0n) is 13.3. The molecule has 5 heteroatoms. The van der Waals surface area contributed by atoms with Gasteiger partial charge in [0.2, 0.25) is 0 Å². The molecule has 122 valence electrons. The summed E-state index contributed by atoms with van der Waals surface area (Å²) in [6, 6.07) is 11.5. The van der Waals surface area contributed by atoms with E-state index in [2.05, 4.69) is 4.98 Å². The molecule has 1 heterocycles. The highest BCUT2D eigenvalue weighted by atomic mass is 19.1. The van der Waals surface area contributed by atoms with E-state index in [9.17, 15) is 14.3 Å². The van der Waals surface area contributed by atoms with Crippen molar-refractivity contribution in [1.29, 1.82) is 0 Å². The van der Waals surface area contributed by atoms with Gasteiger partial charge in [0.1, 0.15) is 0 Å². The second-order valence-corrected chi connectivity index (χ2v) is 5.41. The lowest BCUT2D eigenvalue weighted by Crippen LogP contribution is -2.01. The molecule has 0 aliphatic rings. The van der Waals surface area contributed by atoms with Crippen LogP contribution in [0.1, 0.15) is 22.8 Å². The molecule has 0 aliphatic heterocycles. The Morgan fingerprint density at radius 1 is 1.21 bits per heavy atom. The van der Waals surface area contributed by atoms with Gasteiger partial charge in [0.25, 0.3) is 0 Å². The highest BCUT2D eigenvalue weighted by Crippen LogP contribution is 2.28. The Balaban J connectivity index is 2.22. The Hall–Kier alpha value is -2.95. The zero-order chi connectivity index (χ0) is 17.3. The van der Waals surface area contributed by atoms with E-state index in [1.54, 1.807) is 12.1 Å². The number of hydrogen-bond donors (Lipinski definition) is 1. The lowest BCUT2D eigenvalue weighted by molar-refractivity contribution is 0.0699. The number of aromatic nitrogens is 1. The van der Waals surface area contributed by atoms with E-state index in [0.717, 1.165) is 12.0 Å². The van der Waals surface area contributed by atoms with Crippen LogP contribution in [0.15, 0.2) is 42.5 Å². The van der Waals surface area contributed by atoms with Crippen LogP contribution in [-0.4, -0.2) is 23.2 Å². The summed E-state index contributed by atoms with van der Waals surface area (Å²) in [7, 11) is 1.39. The Labute approximate surface area is 138 Å². The average molecular weight is 325 g/mol. The van der Waals surface area contributed by atoms with Gasteiger partial charge in [-0.3, -0.25) is 0 Å². The van der Waals surface area contributed by atoms with Crippen LogP contribution in [0.5, 0.6) is 5.75 Å². The third-order valence-corrected chi connectivity index (χ3v) is 3.96. The summed E-state index contributed by atoms with van der Waals surface area (Å²) in [5.41, 5.74) is 2.66. The molecule has 3 rings (SSSR count). The van der Waals surface area contributed by atoms with Gasteiger partial charge in [0.05, 0.1) is 23.9 Å². The van der Waals surface area contributed by atoms with Crippen LogP contribution in [0.3, 0.4) is 0 Å². The number of rotatable bonds is 4. The maximum atomic E-state index is 13.9. The number of aryl methyl sites for hydroxylation is 1. The molecule has 1 aromatic heterocycles. The first-order valence-electron chi connectivity index (χ1n) is 7.54. The summed E-state index contributed by atoms with van der Waals surface area (Å²) in [4.78, 5) is 16.1. The van der Waals surface area contributed by atoms with Crippen molar-refractivity contribution in [2.45, 2.75) is 13.3 Å². The lowest BCUT2D eigenvalue weighted by atomic mass is 10.0. The molecule has 0 spiro atoms. The van der Waals surface area contributed by atoms with Gasteiger partial charge in [0, 0.05) is 10.9 Å². The first kappa shape index (κ1) is 15.9.